The van der Waals surface area contributed by atoms with Crippen LogP contribution in [0.3, 0.4) is 0 Å². The molecule has 0 aliphatic carbocycles. The summed E-state index contributed by atoms with van der Waals surface area (Å²) in [4.78, 5) is 27.9. The second-order valence-corrected chi connectivity index (χ2v) is 5.15. The van der Waals surface area contributed by atoms with Crippen LogP contribution in [0.15, 0.2) is 45.9 Å². The second kappa shape index (κ2) is 6.01. The minimum atomic E-state index is -1.28. The monoisotopic (exact) mass is 323 g/mol. The Morgan fingerprint density at radius 1 is 1.46 bits per heavy atom. The molecule has 0 radical (unpaired) electrons. The van der Waals surface area contributed by atoms with Gasteiger partial charge in [-0.25, -0.2) is 9.78 Å². The molecule has 7 heteroatoms. The fraction of sp³-hybridized carbons (Fsp3) is 0.176. The van der Waals surface area contributed by atoms with Crippen LogP contribution in [-0.2, 0) is 6.54 Å². The molecule has 0 bridgehead atoms. The number of aromatic carboxylic acids is 1. The van der Waals surface area contributed by atoms with E-state index in [1.54, 1.807) is 22.8 Å². The third-order valence-corrected chi connectivity index (χ3v) is 3.77. The number of carboxylic acid groups (broad SMARTS) is 1. The fourth-order valence-corrected chi connectivity index (χ4v) is 2.57. The SMILES string of the molecule is CCn1cc(C(=O)O)c(=O)c2ccc(C(C#N)c3ccco3)nc21. The average Bonchev–Trinajstić information content (AvgIpc) is 3.10. The Morgan fingerprint density at radius 2 is 2.25 bits per heavy atom. The van der Waals surface area contributed by atoms with Gasteiger partial charge in [0.1, 0.15) is 22.9 Å². The van der Waals surface area contributed by atoms with Crippen LogP contribution in [-0.4, -0.2) is 20.6 Å². The van der Waals surface area contributed by atoms with Crippen LogP contribution in [0, 0.1) is 11.3 Å². The zero-order valence-electron chi connectivity index (χ0n) is 12.8. The number of nitrogens with zero attached hydrogens (tertiary/aromatic N) is 3. The molecular formula is C17H13N3O4. The maximum atomic E-state index is 12.3. The molecule has 0 fully saturated rings. The molecule has 24 heavy (non-hydrogen) atoms. The number of furan rings is 1. The first-order chi connectivity index (χ1) is 11.6. The number of carboxylic acids is 1. The van der Waals surface area contributed by atoms with Crippen molar-refractivity contribution in [2.24, 2.45) is 0 Å². The minimum absolute atomic E-state index is 0.205. The van der Waals surface area contributed by atoms with E-state index in [4.69, 9.17) is 9.52 Å². The third kappa shape index (κ3) is 2.44. The molecule has 3 heterocycles. The number of pyridine rings is 2. The molecule has 1 N–H and O–H groups in total. The number of aromatic nitrogens is 2. The summed E-state index contributed by atoms with van der Waals surface area (Å²) in [5.74, 6) is -1.53. The van der Waals surface area contributed by atoms with Crippen molar-refractivity contribution in [2.45, 2.75) is 19.4 Å². The van der Waals surface area contributed by atoms with Crippen LogP contribution in [0.1, 0.15) is 34.7 Å². The smallest absolute Gasteiger partial charge is 0.341 e. The Bertz CT molecular complexity index is 1010. The summed E-state index contributed by atoms with van der Waals surface area (Å²) in [5.41, 5.74) is -0.115. The highest BCUT2D eigenvalue weighted by molar-refractivity contribution is 5.91. The van der Waals surface area contributed by atoms with Crippen LogP contribution in [0.5, 0.6) is 0 Å². The van der Waals surface area contributed by atoms with Gasteiger partial charge in [-0.3, -0.25) is 4.79 Å². The van der Waals surface area contributed by atoms with Gasteiger partial charge < -0.3 is 14.1 Å². The molecule has 120 valence electrons. The molecule has 3 aromatic heterocycles. The lowest BCUT2D eigenvalue weighted by Gasteiger charge is -2.12. The summed E-state index contributed by atoms with van der Waals surface area (Å²) in [6, 6.07) is 8.55. The Balaban J connectivity index is 2.25. The first kappa shape index (κ1) is 15.5. The molecule has 3 aromatic rings. The van der Waals surface area contributed by atoms with Gasteiger partial charge in [0.25, 0.3) is 0 Å². The van der Waals surface area contributed by atoms with Crippen molar-refractivity contribution >= 4 is 17.0 Å². The third-order valence-electron chi connectivity index (χ3n) is 3.77. The van der Waals surface area contributed by atoms with E-state index in [-0.39, 0.29) is 10.9 Å². The summed E-state index contributed by atoms with van der Waals surface area (Å²) < 4.78 is 6.86. The molecule has 1 atom stereocenters. The first-order valence-corrected chi connectivity index (χ1v) is 7.27. The highest BCUT2D eigenvalue weighted by Gasteiger charge is 2.20. The summed E-state index contributed by atoms with van der Waals surface area (Å²) in [5, 5.41) is 18.8. The Kier molecular flexibility index (Phi) is 3.88. The summed E-state index contributed by atoms with van der Waals surface area (Å²) >= 11 is 0. The van der Waals surface area contributed by atoms with E-state index < -0.39 is 17.3 Å². The predicted molar refractivity (Wildman–Crippen MR) is 84.8 cm³/mol. The lowest BCUT2D eigenvalue weighted by Crippen LogP contribution is -2.19. The predicted octanol–water partition coefficient (Wildman–Crippen LogP) is 2.36. The van der Waals surface area contributed by atoms with Crippen LogP contribution in [0.2, 0.25) is 0 Å². The van der Waals surface area contributed by atoms with E-state index in [2.05, 4.69) is 11.1 Å². The van der Waals surface area contributed by atoms with Crippen LogP contribution in [0.25, 0.3) is 11.0 Å². The van der Waals surface area contributed by atoms with E-state index in [9.17, 15) is 14.9 Å². The van der Waals surface area contributed by atoms with E-state index in [0.29, 0.717) is 23.6 Å². The van der Waals surface area contributed by atoms with Crippen molar-refractivity contribution in [1.82, 2.24) is 9.55 Å². The number of hydrogen-bond acceptors (Lipinski definition) is 5. The molecule has 0 amide bonds. The molecule has 7 nitrogen and oxygen atoms in total. The lowest BCUT2D eigenvalue weighted by atomic mass is 10.0. The Morgan fingerprint density at radius 3 is 2.83 bits per heavy atom. The van der Waals surface area contributed by atoms with Gasteiger partial charge in [-0.1, -0.05) is 0 Å². The number of hydrogen-bond donors (Lipinski definition) is 1. The van der Waals surface area contributed by atoms with Crippen LogP contribution in [0.4, 0.5) is 0 Å². The van der Waals surface area contributed by atoms with Crippen LogP contribution >= 0.6 is 0 Å². The summed E-state index contributed by atoms with van der Waals surface area (Å²) in [6.07, 6.45) is 2.75. The largest absolute Gasteiger partial charge is 0.477 e. The van der Waals surface area contributed by atoms with Crippen LogP contribution < -0.4 is 5.43 Å². The van der Waals surface area contributed by atoms with Crippen molar-refractivity contribution in [1.29, 1.82) is 5.26 Å². The number of carbonyl (C=O) groups is 1. The van der Waals surface area contributed by atoms with Gasteiger partial charge in [-0.05, 0) is 31.2 Å². The second-order valence-electron chi connectivity index (χ2n) is 5.15. The topological polar surface area (TPSA) is 109 Å². The molecule has 0 aliphatic heterocycles. The zero-order valence-corrected chi connectivity index (χ0v) is 12.8. The normalized spacial score (nSPS) is 12.0. The Hall–Kier alpha value is -3.40. The van der Waals surface area contributed by atoms with Gasteiger partial charge >= 0.3 is 5.97 Å². The van der Waals surface area contributed by atoms with Gasteiger partial charge in [0.05, 0.1) is 23.4 Å². The van der Waals surface area contributed by atoms with E-state index in [1.165, 1.54) is 18.5 Å². The number of aryl methyl sites for hydroxylation is 1. The van der Waals surface area contributed by atoms with Gasteiger partial charge in [-0.2, -0.15) is 5.26 Å². The average molecular weight is 323 g/mol. The van der Waals surface area contributed by atoms with Crippen molar-refractivity contribution in [3.8, 4) is 6.07 Å². The fourth-order valence-electron chi connectivity index (χ4n) is 2.57. The van der Waals surface area contributed by atoms with Gasteiger partial charge in [0.15, 0.2) is 0 Å². The zero-order chi connectivity index (χ0) is 17.3. The van der Waals surface area contributed by atoms with Gasteiger partial charge in [-0.15, -0.1) is 0 Å². The van der Waals surface area contributed by atoms with Gasteiger partial charge in [0, 0.05) is 12.7 Å². The maximum Gasteiger partial charge on any atom is 0.341 e. The highest BCUT2D eigenvalue weighted by atomic mass is 16.4. The molecule has 0 saturated carbocycles. The molecule has 0 spiro atoms. The van der Waals surface area contributed by atoms with Crippen molar-refractivity contribution in [2.75, 3.05) is 0 Å². The number of rotatable bonds is 4. The highest BCUT2D eigenvalue weighted by Crippen LogP contribution is 2.24. The molecule has 0 aromatic carbocycles. The molecule has 3 rings (SSSR count). The van der Waals surface area contributed by atoms with E-state index >= 15 is 0 Å². The molecule has 1 unspecified atom stereocenters. The molecular weight excluding hydrogens is 310 g/mol. The van der Waals surface area contributed by atoms with Gasteiger partial charge in [0.2, 0.25) is 5.43 Å². The standard InChI is InChI=1S/C17H13N3O4/c1-2-20-9-12(17(22)23)15(21)10-5-6-13(19-16(10)20)11(8-18)14-4-3-7-24-14/h3-7,9,11H,2H2,1H3,(H,22,23). The van der Waals surface area contributed by atoms with Crippen molar-refractivity contribution < 1.29 is 14.3 Å². The minimum Gasteiger partial charge on any atom is -0.477 e. The van der Waals surface area contributed by atoms with Crippen molar-refractivity contribution in [3.63, 3.8) is 0 Å². The summed E-state index contributed by atoms with van der Waals surface area (Å²) in [6.45, 7) is 2.25. The first-order valence-electron chi connectivity index (χ1n) is 7.27. The van der Waals surface area contributed by atoms with Crippen molar-refractivity contribution in [3.05, 3.63) is 64.0 Å². The Labute approximate surface area is 136 Å². The summed E-state index contributed by atoms with van der Waals surface area (Å²) in [7, 11) is 0. The molecule has 0 saturated heterocycles. The number of nitriles is 1. The quantitative estimate of drug-likeness (QED) is 0.789. The lowest BCUT2D eigenvalue weighted by molar-refractivity contribution is 0.0695. The van der Waals surface area contributed by atoms with E-state index in [1.807, 2.05) is 6.92 Å². The maximum absolute atomic E-state index is 12.3. The number of fused-ring (bicyclic) bond motifs is 1. The molecule has 0 aliphatic rings. The van der Waals surface area contributed by atoms with E-state index in [0.717, 1.165) is 0 Å².